The van der Waals surface area contributed by atoms with Crippen LogP contribution in [0.5, 0.6) is 0 Å². The molecule has 1 fully saturated rings. The van der Waals surface area contributed by atoms with Crippen LogP contribution >= 0.6 is 11.6 Å². The normalized spacial score (nSPS) is 18.1. The quantitative estimate of drug-likeness (QED) is 0.880. The molecular weight excluding hydrogens is 252 g/mol. The molecule has 0 radical (unpaired) electrons. The summed E-state index contributed by atoms with van der Waals surface area (Å²) < 4.78 is 5.30. The molecule has 1 saturated heterocycles. The number of nitriles is 1. The molecule has 0 amide bonds. The molecule has 2 rings (SSSR count). The number of halogens is 1. The summed E-state index contributed by atoms with van der Waals surface area (Å²) in [7, 11) is 0. The van der Waals surface area contributed by atoms with Gasteiger partial charge in [0.15, 0.2) is 0 Å². The Morgan fingerprint density at radius 2 is 2.17 bits per heavy atom. The van der Waals surface area contributed by atoms with Crippen LogP contribution in [0.4, 0.5) is 5.69 Å². The number of nitrogens with zero attached hydrogens (tertiary/aromatic N) is 1. The van der Waals surface area contributed by atoms with Crippen LogP contribution in [0.1, 0.15) is 18.4 Å². The van der Waals surface area contributed by atoms with Gasteiger partial charge in [-0.05, 0) is 31.0 Å². The van der Waals surface area contributed by atoms with Gasteiger partial charge in [0.05, 0.1) is 34.5 Å². The molecule has 96 valence electrons. The summed E-state index contributed by atoms with van der Waals surface area (Å²) in [5.74, 6) is 0. The lowest BCUT2D eigenvalue weighted by Crippen LogP contribution is -2.46. The van der Waals surface area contributed by atoms with Gasteiger partial charge in [-0.15, -0.1) is 0 Å². The first-order valence-electron chi connectivity index (χ1n) is 5.85. The van der Waals surface area contributed by atoms with Crippen molar-refractivity contribution in [3.8, 4) is 6.07 Å². The Balaban J connectivity index is 2.19. The maximum Gasteiger partial charge on any atom is 0.0992 e. The largest absolute Gasteiger partial charge is 0.394 e. The molecule has 0 bridgehead atoms. The summed E-state index contributed by atoms with van der Waals surface area (Å²) in [4.78, 5) is 0. The van der Waals surface area contributed by atoms with E-state index in [4.69, 9.17) is 21.6 Å². The number of aliphatic hydroxyl groups excluding tert-OH is 1. The fourth-order valence-electron chi connectivity index (χ4n) is 2.06. The molecule has 5 heteroatoms. The van der Waals surface area contributed by atoms with Crippen molar-refractivity contribution in [2.75, 3.05) is 25.1 Å². The second-order valence-corrected chi connectivity index (χ2v) is 4.89. The molecule has 0 aliphatic carbocycles. The molecule has 2 N–H and O–H groups in total. The van der Waals surface area contributed by atoms with Crippen LogP contribution in [0.25, 0.3) is 0 Å². The van der Waals surface area contributed by atoms with Gasteiger partial charge in [-0.25, -0.2) is 0 Å². The molecule has 1 aromatic carbocycles. The number of benzene rings is 1. The number of aliphatic hydroxyl groups is 1. The van der Waals surface area contributed by atoms with Crippen molar-refractivity contribution in [1.82, 2.24) is 0 Å². The number of anilines is 1. The molecule has 0 unspecified atom stereocenters. The van der Waals surface area contributed by atoms with E-state index in [-0.39, 0.29) is 12.1 Å². The van der Waals surface area contributed by atoms with Gasteiger partial charge in [-0.2, -0.15) is 5.26 Å². The highest BCUT2D eigenvalue weighted by atomic mass is 35.5. The van der Waals surface area contributed by atoms with Crippen molar-refractivity contribution in [2.24, 2.45) is 0 Å². The third-order valence-electron chi connectivity index (χ3n) is 3.25. The highest BCUT2D eigenvalue weighted by molar-refractivity contribution is 6.33. The van der Waals surface area contributed by atoms with E-state index in [2.05, 4.69) is 5.32 Å². The topological polar surface area (TPSA) is 65.3 Å². The first-order chi connectivity index (χ1) is 8.69. The second-order valence-electron chi connectivity index (χ2n) is 4.48. The molecule has 1 aromatic rings. The number of rotatable bonds is 3. The van der Waals surface area contributed by atoms with E-state index in [9.17, 15) is 5.11 Å². The SMILES string of the molecule is N#Cc1ccc(NC2(CO)CCOCC2)c(Cl)c1. The van der Waals surface area contributed by atoms with E-state index >= 15 is 0 Å². The van der Waals surface area contributed by atoms with E-state index < -0.39 is 0 Å². The zero-order valence-corrected chi connectivity index (χ0v) is 10.7. The van der Waals surface area contributed by atoms with Crippen molar-refractivity contribution in [2.45, 2.75) is 18.4 Å². The number of hydrogen-bond donors (Lipinski definition) is 2. The maximum atomic E-state index is 9.58. The number of ether oxygens (including phenoxy) is 1. The van der Waals surface area contributed by atoms with Gasteiger partial charge in [0.2, 0.25) is 0 Å². The maximum absolute atomic E-state index is 9.58. The zero-order valence-electron chi connectivity index (χ0n) is 9.95. The zero-order chi connectivity index (χ0) is 13.0. The lowest BCUT2D eigenvalue weighted by atomic mass is 9.90. The molecule has 0 spiro atoms. The fraction of sp³-hybridized carbons (Fsp3) is 0.462. The lowest BCUT2D eigenvalue weighted by Gasteiger charge is -2.37. The van der Waals surface area contributed by atoms with Crippen molar-refractivity contribution >= 4 is 17.3 Å². The third-order valence-corrected chi connectivity index (χ3v) is 3.56. The Labute approximate surface area is 111 Å². The predicted octanol–water partition coefficient (Wildman–Crippen LogP) is 2.17. The van der Waals surface area contributed by atoms with Crippen LogP contribution in [0.15, 0.2) is 18.2 Å². The van der Waals surface area contributed by atoms with Gasteiger partial charge in [0, 0.05) is 13.2 Å². The summed E-state index contributed by atoms with van der Waals surface area (Å²) in [6, 6.07) is 7.14. The fourth-order valence-corrected chi connectivity index (χ4v) is 2.28. The number of hydrogen-bond acceptors (Lipinski definition) is 4. The van der Waals surface area contributed by atoms with Crippen molar-refractivity contribution in [3.63, 3.8) is 0 Å². The van der Waals surface area contributed by atoms with Gasteiger partial charge in [0.1, 0.15) is 0 Å². The Morgan fingerprint density at radius 1 is 1.44 bits per heavy atom. The first kappa shape index (κ1) is 13.2. The highest BCUT2D eigenvalue weighted by Crippen LogP contribution is 2.30. The smallest absolute Gasteiger partial charge is 0.0992 e. The summed E-state index contributed by atoms with van der Waals surface area (Å²) in [6.45, 7) is 1.29. The Bertz CT molecular complexity index is 465. The minimum atomic E-state index is -0.379. The molecule has 0 atom stereocenters. The van der Waals surface area contributed by atoms with Gasteiger partial charge >= 0.3 is 0 Å². The van der Waals surface area contributed by atoms with Crippen molar-refractivity contribution in [1.29, 1.82) is 5.26 Å². The molecule has 4 nitrogen and oxygen atoms in total. The van der Waals surface area contributed by atoms with Gasteiger partial charge < -0.3 is 15.2 Å². The molecule has 1 heterocycles. The number of nitrogens with one attached hydrogen (secondary N) is 1. The molecule has 1 aliphatic rings. The van der Waals surface area contributed by atoms with E-state index in [0.717, 1.165) is 18.5 Å². The first-order valence-corrected chi connectivity index (χ1v) is 6.23. The lowest BCUT2D eigenvalue weighted by molar-refractivity contribution is 0.0380. The standard InChI is InChI=1S/C13H15ClN2O2/c14-11-7-10(8-15)1-2-12(11)16-13(9-17)3-5-18-6-4-13/h1-2,7,16-17H,3-6,9H2. The Hall–Kier alpha value is -1.28. The van der Waals surface area contributed by atoms with Gasteiger partial charge in [0.25, 0.3) is 0 Å². The second kappa shape index (κ2) is 5.57. The summed E-state index contributed by atoms with van der Waals surface area (Å²) in [6.07, 6.45) is 1.47. The van der Waals surface area contributed by atoms with Gasteiger partial charge in [-0.1, -0.05) is 11.6 Å². The summed E-state index contributed by atoms with van der Waals surface area (Å²) in [5, 5.41) is 22.2. The van der Waals surface area contributed by atoms with E-state index in [0.29, 0.717) is 23.8 Å². The monoisotopic (exact) mass is 266 g/mol. The summed E-state index contributed by atoms with van der Waals surface area (Å²) >= 11 is 6.12. The van der Waals surface area contributed by atoms with E-state index in [1.807, 2.05) is 6.07 Å². The van der Waals surface area contributed by atoms with Crippen molar-refractivity contribution < 1.29 is 9.84 Å². The predicted molar refractivity (Wildman–Crippen MR) is 69.7 cm³/mol. The highest BCUT2D eigenvalue weighted by Gasteiger charge is 2.32. The summed E-state index contributed by atoms with van der Waals surface area (Å²) in [5.41, 5.74) is 0.887. The van der Waals surface area contributed by atoms with Gasteiger partial charge in [-0.3, -0.25) is 0 Å². The third kappa shape index (κ3) is 2.75. The van der Waals surface area contributed by atoms with Crippen LogP contribution in [0.3, 0.4) is 0 Å². The van der Waals surface area contributed by atoms with Crippen LogP contribution in [0, 0.1) is 11.3 Å². The van der Waals surface area contributed by atoms with E-state index in [1.165, 1.54) is 0 Å². The average Bonchev–Trinajstić information content (AvgIpc) is 2.42. The molecular formula is C13H15ClN2O2. The molecule has 0 aromatic heterocycles. The van der Waals surface area contributed by atoms with Crippen LogP contribution in [-0.2, 0) is 4.74 Å². The van der Waals surface area contributed by atoms with Crippen LogP contribution in [-0.4, -0.2) is 30.5 Å². The minimum Gasteiger partial charge on any atom is -0.394 e. The minimum absolute atomic E-state index is 0.0344. The van der Waals surface area contributed by atoms with Crippen LogP contribution in [0.2, 0.25) is 5.02 Å². The van der Waals surface area contributed by atoms with Crippen LogP contribution < -0.4 is 5.32 Å². The van der Waals surface area contributed by atoms with E-state index in [1.54, 1.807) is 18.2 Å². The Kier molecular flexibility index (Phi) is 4.07. The average molecular weight is 267 g/mol. The Morgan fingerprint density at radius 3 is 2.72 bits per heavy atom. The molecule has 18 heavy (non-hydrogen) atoms. The van der Waals surface area contributed by atoms with Crippen molar-refractivity contribution in [3.05, 3.63) is 28.8 Å². The molecule has 1 aliphatic heterocycles. The molecule has 0 saturated carbocycles.